The first-order valence-corrected chi connectivity index (χ1v) is 10.5. The van der Waals surface area contributed by atoms with Crippen LogP contribution in [0, 0.1) is 0 Å². The van der Waals surface area contributed by atoms with E-state index in [9.17, 15) is 4.79 Å². The summed E-state index contributed by atoms with van der Waals surface area (Å²) in [6.45, 7) is 11.6. The molecule has 0 saturated carbocycles. The number of rotatable bonds is 6. The van der Waals surface area contributed by atoms with Crippen molar-refractivity contribution in [3.8, 4) is 5.75 Å². The van der Waals surface area contributed by atoms with Crippen molar-refractivity contribution >= 4 is 14.3 Å². The second-order valence-electron chi connectivity index (χ2n) is 6.98. The fraction of sp³-hybridized carbons (Fsp3) is 0.500. The van der Waals surface area contributed by atoms with E-state index in [2.05, 4.69) is 33.9 Å². The van der Waals surface area contributed by atoms with Gasteiger partial charge in [0.25, 0.3) is 0 Å². The zero-order valence-corrected chi connectivity index (χ0v) is 16.1. The molecule has 0 aliphatic rings. The van der Waals surface area contributed by atoms with Gasteiger partial charge in [-0.2, -0.15) is 0 Å². The van der Waals surface area contributed by atoms with Crippen molar-refractivity contribution in [2.45, 2.75) is 45.0 Å². The van der Waals surface area contributed by atoms with Crippen LogP contribution in [-0.2, 0) is 14.0 Å². The first kappa shape index (κ1) is 17.8. The Labute approximate surface area is 142 Å². The molecule has 0 saturated heterocycles. The second-order valence-corrected chi connectivity index (χ2v) is 11.7. The fourth-order valence-electron chi connectivity index (χ4n) is 1.79. The summed E-state index contributed by atoms with van der Waals surface area (Å²) >= 11 is 0. The average molecular weight is 338 g/mol. The summed E-state index contributed by atoms with van der Waals surface area (Å²) in [6.07, 6.45) is -0.637. The van der Waals surface area contributed by atoms with E-state index < -0.39 is 20.4 Å². The van der Waals surface area contributed by atoms with Crippen LogP contribution in [0.3, 0.4) is 0 Å². The lowest BCUT2D eigenvalue weighted by Crippen LogP contribution is -2.42. The van der Waals surface area contributed by atoms with E-state index in [1.807, 2.05) is 24.3 Å². The lowest BCUT2D eigenvalue weighted by atomic mass is 10.0. The van der Waals surface area contributed by atoms with Crippen LogP contribution < -0.4 is 4.74 Å². The lowest BCUT2D eigenvalue weighted by Gasteiger charge is -2.39. The molecule has 0 unspecified atom stereocenters. The Bertz CT molecular complexity index is 588. The van der Waals surface area contributed by atoms with Crippen LogP contribution in [0.5, 0.6) is 5.75 Å². The van der Waals surface area contributed by atoms with E-state index >= 15 is 0 Å². The van der Waals surface area contributed by atoms with E-state index in [1.54, 1.807) is 7.11 Å². The highest BCUT2D eigenvalue weighted by Crippen LogP contribution is 2.41. The summed E-state index contributed by atoms with van der Waals surface area (Å²) in [5.41, 5.74) is 0.983. The van der Waals surface area contributed by atoms with Gasteiger partial charge in [0.2, 0.25) is 0 Å². The first-order valence-electron chi connectivity index (χ1n) is 8.13. The molecule has 0 aliphatic carbocycles. The van der Waals surface area contributed by atoms with E-state index in [1.165, 1.54) is 7.11 Å². The molecule has 0 fully saturated rings. The van der Waals surface area contributed by atoms with E-state index in [0.29, 0.717) is 0 Å². The Balaban J connectivity index is 3.33. The minimum Gasteiger partial charge on any atom is -0.497 e. The number of hydrogen-bond acceptors (Lipinski definition) is 4. The molecule has 1 atom stereocenters. The summed E-state index contributed by atoms with van der Waals surface area (Å²) < 4.78 is 24.1. The number of methoxy groups -OCH3 is 2. The molecule has 0 heterocycles. The van der Waals surface area contributed by atoms with Gasteiger partial charge in [0.15, 0.2) is 8.32 Å². The lowest BCUT2D eigenvalue weighted by molar-refractivity contribution is -0.137. The third-order valence-corrected chi connectivity index (χ3v) is 8.78. The highest BCUT2D eigenvalue weighted by molar-refractivity contribution is 6.74. The molecule has 1 rings (SSSR count). The third kappa shape index (κ3) is 4.69. The third-order valence-electron chi connectivity index (χ3n) is 4.34. The molecular formula is C18H28O4Si. The van der Waals surface area contributed by atoms with Crippen molar-refractivity contribution in [2.75, 3.05) is 14.2 Å². The van der Waals surface area contributed by atoms with E-state index in [-0.39, 0.29) is 10.6 Å². The Morgan fingerprint density at radius 2 is 1.78 bits per heavy atom. The highest BCUT2D eigenvalue weighted by atomic mass is 28.4. The van der Waals surface area contributed by atoms with Gasteiger partial charge in [-0.1, -0.05) is 39.5 Å². The van der Waals surface area contributed by atoms with Gasteiger partial charge in [0.1, 0.15) is 11.9 Å². The zero-order valence-electron chi connectivity index (χ0n) is 16.1. The van der Waals surface area contributed by atoms with Crippen molar-refractivity contribution in [1.29, 1.82) is 0 Å². The molecule has 23 heavy (non-hydrogen) atoms. The molecule has 4 nitrogen and oxygen atoms in total. The maximum atomic E-state index is 12.1. The standard InChI is InChI=1S/C18H28O4Si/c1-13(17(19)21-6)16(22-23(7,8)18(2,3)4)14-9-11-15(20-5)12-10-14/h9-12,16H,1H2,2-8H3/t16-/m0/s1/i1D. The molecule has 5 heteroatoms. The maximum absolute atomic E-state index is 12.1. The molecule has 128 valence electrons. The number of carbonyl (C=O) groups excluding carboxylic acids is 1. The number of esters is 1. The SMILES string of the molecule is [2H]C=C(C(=O)OC)[C@H](O[Si](C)(C)C(C)(C)C)c1ccc(OC)cc1. The van der Waals surface area contributed by atoms with Crippen molar-refractivity contribution in [2.24, 2.45) is 0 Å². The maximum Gasteiger partial charge on any atom is 0.336 e. The Morgan fingerprint density at radius 1 is 1.22 bits per heavy atom. The highest BCUT2D eigenvalue weighted by Gasteiger charge is 2.40. The minimum atomic E-state index is -2.17. The monoisotopic (exact) mass is 337 g/mol. The number of ether oxygens (including phenoxy) is 2. The molecule has 0 spiro atoms. The van der Waals surface area contributed by atoms with Crippen LogP contribution in [0.25, 0.3) is 0 Å². The van der Waals surface area contributed by atoms with Gasteiger partial charge < -0.3 is 13.9 Å². The molecule has 0 amide bonds. The molecule has 1 aromatic carbocycles. The average Bonchev–Trinajstić information content (AvgIpc) is 2.53. The van der Waals surface area contributed by atoms with Crippen LogP contribution in [-0.4, -0.2) is 28.5 Å². The predicted molar refractivity (Wildman–Crippen MR) is 95.2 cm³/mol. The summed E-state index contributed by atoms with van der Waals surface area (Å²) in [5.74, 6) is 0.170. The first-order chi connectivity index (χ1) is 11.1. The van der Waals surface area contributed by atoms with Crippen molar-refractivity contribution in [1.82, 2.24) is 0 Å². The van der Waals surface area contributed by atoms with Crippen LogP contribution in [0.15, 0.2) is 36.4 Å². The normalized spacial score (nSPS) is 14.9. The molecular weight excluding hydrogens is 308 g/mol. The molecule has 0 bridgehead atoms. The topological polar surface area (TPSA) is 44.8 Å². The smallest absolute Gasteiger partial charge is 0.336 e. The minimum absolute atomic E-state index is 0.0268. The van der Waals surface area contributed by atoms with Gasteiger partial charge >= 0.3 is 5.97 Å². The zero-order chi connectivity index (χ0) is 18.5. The number of carbonyl (C=O) groups is 1. The Hall–Kier alpha value is -1.59. The molecule has 1 aromatic rings. The van der Waals surface area contributed by atoms with E-state index in [0.717, 1.165) is 17.9 Å². The van der Waals surface area contributed by atoms with Gasteiger partial charge in [0.05, 0.1) is 21.2 Å². The predicted octanol–water partition coefficient (Wildman–Crippen LogP) is 4.49. The van der Waals surface area contributed by atoms with Crippen molar-refractivity contribution < 1.29 is 20.1 Å². The van der Waals surface area contributed by atoms with Crippen molar-refractivity contribution in [3.63, 3.8) is 0 Å². The van der Waals surface area contributed by atoms with Crippen LogP contribution >= 0.6 is 0 Å². The summed E-state index contributed by atoms with van der Waals surface area (Å²) in [4.78, 5) is 12.1. The largest absolute Gasteiger partial charge is 0.497 e. The van der Waals surface area contributed by atoms with Gasteiger partial charge in [-0.15, -0.1) is 0 Å². The van der Waals surface area contributed by atoms with Gasteiger partial charge in [-0.3, -0.25) is 0 Å². The van der Waals surface area contributed by atoms with Gasteiger partial charge in [-0.25, -0.2) is 4.79 Å². The van der Waals surface area contributed by atoms with Crippen LogP contribution in [0.1, 0.15) is 33.8 Å². The summed E-state index contributed by atoms with van der Waals surface area (Å²) in [6, 6.07) is 7.33. The molecule has 0 aromatic heterocycles. The van der Waals surface area contributed by atoms with Crippen LogP contribution in [0.4, 0.5) is 0 Å². The van der Waals surface area contributed by atoms with Gasteiger partial charge in [0, 0.05) is 0 Å². The fourth-order valence-corrected chi connectivity index (χ4v) is 2.99. The van der Waals surface area contributed by atoms with Gasteiger partial charge in [-0.05, 0) is 35.8 Å². The molecule has 0 radical (unpaired) electrons. The van der Waals surface area contributed by atoms with Crippen molar-refractivity contribution in [3.05, 3.63) is 42.0 Å². The molecule has 0 aliphatic heterocycles. The second kappa shape index (κ2) is 7.32. The summed E-state index contributed by atoms with van der Waals surface area (Å²) in [5, 5.41) is -0.0268. The Kier molecular flexibility index (Phi) is 5.65. The Morgan fingerprint density at radius 3 is 2.17 bits per heavy atom. The quantitative estimate of drug-likeness (QED) is 0.436. The molecule has 0 N–H and O–H groups in total. The number of hydrogen-bond donors (Lipinski definition) is 0. The number of benzene rings is 1. The van der Waals surface area contributed by atoms with E-state index in [4.69, 9.17) is 15.3 Å². The van der Waals surface area contributed by atoms with Crippen LogP contribution in [0.2, 0.25) is 18.1 Å². The summed E-state index contributed by atoms with van der Waals surface area (Å²) in [7, 11) is 0.735.